The van der Waals surface area contributed by atoms with Gasteiger partial charge < -0.3 is 11.1 Å². The first-order chi connectivity index (χ1) is 8.52. The number of nitrogens with one attached hydrogen (secondary N) is 1. The lowest BCUT2D eigenvalue weighted by atomic mass is 9.91. The van der Waals surface area contributed by atoms with Crippen molar-refractivity contribution in [1.29, 1.82) is 0 Å². The summed E-state index contributed by atoms with van der Waals surface area (Å²) in [7, 11) is 0. The minimum absolute atomic E-state index is 0.234. The van der Waals surface area contributed by atoms with Gasteiger partial charge in [0.2, 0.25) is 0 Å². The van der Waals surface area contributed by atoms with Crippen molar-refractivity contribution in [2.75, 3.05) is 6.54 Å². The molecule has 1 aromatic rings. The molecule has 1 aliphatic rings. The van der Waals surface area contributed by atoms with Crippen LogP contribution < -0.4 is 11.1 Å². The topological polar surface area (TPSA) is 50.9 Å². The number of nitrogens with two attached hydrogens (primary N) is 1. The van der Waals surface area contributed by atoms with Gasteiger partial charge in [0.15, 0.2) is 0 Å². The number of aromatic nitrogens is 1. The highest BCUT2D eigenvalue weighted by molar-refractivity contribution is 5.25. The fraction of sp³-hybridized carbons (Fsp3) is 0.667. The first-order valence-corrected chi connectivity index (χ1v) is 6.88. The monoisotopic (exact) mass is 247 g/mol. The summed E-state index contributed by atoms with van der Waals surface area (Å²) in [6.45, 7) is 7.45. The average molecular weight is 247 g/mol. The molecule has 1 fully saturated rings. The third-order valence-corrected chi connectivity index (χ3v) is 4.10. The zero-order valence-electron chi connectivity index (χ0n) is 11.7. The highest BCUT2D eigenvalue weighted by Gasteiger charge is 2.32. The van der Waals surface area contributed by atoms with Gasteiger partial charge in [0, 0.05) is 31.0 Å². The first kappa shape index (κ1) is 13.5. The van der Waals surface area contributed by atoms with Crippen molar-refractivity contribution in [2.24, 2.45) is 11.1 Å². The summed E-state index contributed by atoms with van der Waals surface area (Å²) in [4.78, 5) is 4.22. The smallest absolute Gasteiger partial charge is 0.0464 e. The molecule has 0 aliphatic heterocycles. The fourth-order valence-electron chi connectivity index (χ4n) is 2.99. The fourth-order valence-corrected chi connectivity index (χ4v) is 2.99. The largest absolute Gasteiger partial charge is 0.329 e. The summed E-state index contributed by atoms with van der Waals surface area (Å²) in [6.07, 6.45) is 7.57. The Hall–Kier alpha value is -0.930. The van der Waals surface area contributed by atoms with Crippen LogP contribution in [-0.4, -0.2) is 17.6 Å². The Morgan fingerprint density at radius 3 is 2.89 bits per heavy atom. The molecule has 18 heavy (non-hydrogen) atoms. The van der Waals surface area contributed by atoms with Gasteiger partial charge in [0.05, 0.1) is 0 Å². The summed E-state index contributed by atoms with van der Waals surface area (Å²) in [5.41, 5.74) is 8.91. The molecular weight excluding hydrogens is 222 g/mol. The minimum Gasteiger partial charge on any atom is -0.329 e. The summed E-state index contributed by atoms with van der Waals surface area (Å²) in [5.74, 6) is 0. The first-order valence-electron chi connectivity index (χ1n) is 6.88. The molecule has 0 spiro atoms. The number of nitrogens with zero attached hydrogens (tertiary/aromatic N) is 1. The highest BCUT2D eigenvalue weighted by Crippen LogP contribution is 2.37. The van der Waals surface area contributed by atoms with Gasteiger partial charge >= 0.3 is 0 Å². The molecule has 3 nitrogen and oxygen atoms in total. The summed E-state index contributed by atoms with van der Waals surface area (Å²) >= 11 is 0. The molecule has 1 heterocycles. The van der Waals surface area contributed by atoms with E-state index >= 15 is 0 Å². The molecule has 3 N–H and O–H groups in total. The zero-order valence-corrected chi connectivity index (χ0v) is 11.7. The van der Waals surface area contributed by atoms with Gasteiger partial charge in [-0.3, -0.25) is 4.98 Å². The predicted octanol–water partition coefficient (Wildman–Crippen LogP) is 2.56. The number of pyridine rings is 1. The van der Waals surface area contributed by atoms with Gasteiger partial charge in [0.1, 0.15) is 0 Å². The van der Waals surface area contributed by atoms with Crippen molar-refractivity contribution in [3.05, 3.63) is 29.6 Å². The van der Waals surface area contributed by atoms with Crippen molar-refractivity contribution in [3.8, 4) is 0 Å². The molecule has 0 aromatic carbocycles. The van der Waals surface area contributed by atoms with Crippen LogP contribution >= 0.6 is 0 Å². The Morgan fingerprint density at radius 2 is 2.33 bits per heavy atom. The van der Waals surface area contributed by atoms with Crippen LogP contribution in [0.25, 0.3) is 0 Å². The molecule has 1 aliphatic carbocycles. The molecule has 1 saturated carbocycles. The summed E-state index contributed by atoms with van der Waals surface area (Å²) < 4.78 is 0. The molecule has 100 valence electrons. The van der Waals surface area contributed by atoms with Gasteiger partial charge in [-0.25, -0.2) is 0 Å². The number of hydrogen-bond acceptors (Lipinski definition) is 3. The molecular formula is C15H25N3. The summed E-state index contributed by atoms with van der Waals surface area (Å²) in [5, 5.41) is 3.71. The second-order valence-corrected chi connectivity index (χ2v) is 6.29. The lowest BCUT2D eigenvalue weighted by Gasteiger charge is -2.24. The third-order valence-electron chi connectivity index (χ3n) is 4.10. The predicted molar refractivity (Wildman–Crippen MR) is 75.3 cm³/mol. The van der Waals surface area contributed by atoms with Gasteiger partial charge in [-0.2, -0.15) is 0 Å². The maximum atomic E-state index is 5.93. The maximum Gasteiger partial charge on any atom is 0.0464 e. The summed E-state index contributed by atoms with van der Waals surface area (Å²) in [6, 6.07) is 2.88. The van der Waals surface area contributed by atoms with E-state index in [2.05, 4.69) is 37.1 Å². The third kappa shape index (κ3) is 3.09. The minimum atomic E-state index is 0.234. The molecule has 0 saturated heterocycles. The van der Waals surface area contributed by atoms with E-state index in [4.69, 9.17) is 5.73 Å². The second kappa shape index (κ2) is 5.37. The van der Waals surface area contributed by atoms with Gasteiger partial charge in [-0.05, 0) is 48.8 Å². The number of rotatable bonds is 4. The maximum absolute atomic E-state index is 5.93. The quantitative estimate of drug-likeness (QED) is 0.859. The molecule has 3 heteroatoms. The Morgan fingerprint density at radius 1 is 1.56 bits per heavy atom. The Kier molecular flexibility index (Phi) is 4.03. The van der Waals surface area contributed by atoms with E-state index in [9.17, 15) is 0 Å². The average Bonchev–Trinajstić information content (AvgIpc) is 2.67. The van der Waals surface area contributed by atoms with E-state index in [0.717, 1.165) is 0 Å². The Labute approximate surface area is 110 Å². The Balaban J connectivity index is 2.05. The van der Waals surface area contributed by atoms with Crippen molar-refractivity contribution in [1.82, 2.24) is 10.3 Å². The SMILES string of the molecule is Cc1ccncc1C(CN)NC1CCC(C)(C)C1. The van der Waals surface area contributed by atoms with Crippen LogP contribution in [0.15, 0.2) is 18.5 Å². The highest BCUT2D eigenvalue weighted by atomic mass is 15.0. The van der Waals surface area contributed by atoms with Crippen molar-refractivity contribution in [2.45, 2.75) is 52.1 Å². The van der Waals surface area contributed by atoms with Crippen molar-refractivity contribution >= 4 is 0 Å². The van der Waals surface area contributed by atoms with Crippen LogP contribution in [0.2, 0.25) is 0 Å². The van der Waals surface area contributed by atoms with Crippen LogP contribution in [0.1, 0.15) is 50.3 Å². The lowest BCUT2D eigenvalue weighted by molar-refractivity contribution is 0.353. The molecule has 0 amide bonds. The van der Waals surface area contributed by atoms with E-state index in [1.165, 1.54) is 30.4 Å². The normalized spacial score (nSPS) is 24.1. The van der Waals surface area contributed by atoms with Crippen LogP contribution in [0, 0.1) is 12.3 Å². The standard InChI is InChI=1S/C15H25N3/c1-11-5-7-17-10-13(11)14(9-16)18-12-4-6-15(2,3)8-12/h5,7,10,12,14,18H,4,6,8-9,16H2,1-3H3. The zero-order chi connectivity index (χ0) is 13.2. The molecule has 2 rings (SSSR count). The molecule has 0 bridgehead atoms. The van der Waals surface area contributed by atoms with E-state index in [1.54, 1.807) is 0 Å². The van der Waals surface area contributed by atoms with E-state index < -0.39 is 0 Å². The molecule has 2 atom stereocenters. The number of hydrogen-bond donors (Lipinski definition) is 2. The van der Waals surface area contributed by atoms with E-state index in [0.29, 0.717) is 18.0 Å². The molecule has 1 aromatic heterocycles. The van der Waals surface area contributed by atoms with Crippen LogP contribution in [-0.2, 0) is 0 Å². The van der Waals surface area contributed by atoms with Crippen LogP contribution in [0.4, 0.5) is 0 Å². The molecule has 0 radical (unpaired) electrons. The van der Waals surface area contributed by atoms with Crippen LogP contribution in [0.5, 0.6) is 0 Å². The second-order valence-electron chi connectivity index (χ2n) is 6.29. The lowest BCUT2D eigenvalue weighted by Crippen LogP contribution is -2.36. The molecule has 2 unspecified atom stereocenters. The van der Waals surface area contributed by atoms with Gasteiger partial charge in [-0.1, -0.05) is 13.8 Å². The van der Waals surface area contributed by atoms with E-state index in [1.807, 2.05) is 12.4 Å². The van der Waals surface area contributed by atoms with Gasteiger partial charge in [0.25, 0.3) is 0 Å². The van der Waals surface area contributed by atoms with Crippen LogP contribution in [0.3, 0.4) is 0 Å². The van der Waals surface area contributed by atoms with Crippen molar-refractivity contribution < 1.29 is 0 Å². The van der Waals surface area contributed by atoms with E-state index in [-0.39, 0.29) is 6.04 Å². The Bertz CT molecular complexity index is 400. The van der Waals surface area contributed by atoms with Gasteiger partial charge in [-0.15, -0.1) is 0 Å². The van der Waals surface area contributed by atoms with Crippen molar-refractivity contribution in [3.63, 3.8) is 0 Å². The number of aryl methyl sites for hydroxylation is 1.